The molecule has 0 amide bonds. The van der Waals surface area contributed by atoms with Crippen LogP contribution in [0.15, 0.2) is 66.7 Å². The minimum Gasteiger partial charge on any atom is -0.423 e. The molecule has 0 aliphatic carbocycles. The van der Waals surface area contributed by atoms with Crippen LogP contribution in [0.4, 0.5) is 0 Å². The monoisotopic (exact) mass is 325 g/mol. The van der Waals surface area contributed by atoms with E-state index in [-0.39, 0.29) is 5.97 Å². The first-order chi connectivity index (χ1) is 12.1. The Morgan fingerprint density at radius 2 is 1.48 bits per heavy atom. The Morgan fingerprint density at radius 1 is 0.880 bits per heavy atom. The SMILES string of the molecule is Bc1cccc(C)c1OC(=O)c1c2ccccc2nc2ccccc12. The lowest BCUT2D eigenvalue weighted by Crippen LogP contribution is -2.17. The first kappa shape index (κ1) is 15.4. The Bertz CT molecular complexity index is 1050. The molecule has 0 aliphatic heterocycles. The number of aryl methyl sites for hydroxylation is 1. The number of ether oxygens (including phenoxy) is 1. The van der Waals surface area contributed by atoms with Gasteiger partial charge in [-0.3, -0.25) is 0 Å². The van der Waals surface area contributed by atoms with Crippen LogP contribution < -0.4 is 10.2 Å². The highest BCUT2D eigenvalue weighted by molar-refractivity contribution is 6.34. The van der Waals surface area contributed by atoms with Gasteiger partial charge in [0.2, 0.25) is 0 Å². The predicted octanol–water partition coefficient (Wildman–Crippen LogP) is 3.17. The molecular weight excluding hydrogens is 309 g/mol. The molecule has 120 valence electrons. The van der Waals surface area contributed by atoms with Crippen LogP contribution in [-0.2, 0) is 0 Å². The lowest BCUT2D eigenvalue weighted by molar-refractivity contribution is 0.0739. The van der Waals surface area contributed by atoms with Crippen molar-refractivity contribution in [3.63, 3.8) is 0 Å². The summed E-state index contributed by atoms with van der Waals surface area (Å²) in [5, 5.41) is 1.61. The third-order valence-electron chi connectivity index (χ3n) is 4.40. The molecule has 1 aromatic heterocycles. The number of hydrogen-bond donors (Lipinski definition) is 0. The van der Waals surface area contributed by atoms with E-state index in [1.807, 2.05) is 81.5 Å². The maximum Gasteiger partial charge on any atom is 0.344 e. The first-order valence-corrected chi connectivity index (χ1v) is 8.21. The number of carbonyl (C=O) groups is 1. The Balaban J connectivity index is 1.93. The van der Waals surface area contributed by atoms with E-state index in [1.165, 1.54) is 0 Å². The lowest BCUT2D eigenvalue weighted by atomic mass is 9.93. The number of benzene rings is 3. The smallest absolute Gasteiger partial charge is 0.344 e. The van der Waals surface area contributed by atoms with Crippen LogP contribution in [0, 0.1) is 6.92 Å². The van der Waals surface area contributed by atoms with Crippen molar-refractivity contribution in [2.45, 2.75) is 6.92 Å². The van der Waals surface area contributed by atoms with E-state index in [0.29, 0.717) is 11.3 Å². The second-order valence-electron chi connectivity index (χ2n) is 6.13. The fourth-order valence-corrected chi connectivity index (χ4v) is 3.16. The molecule has 0 aliphatic rings. The topological polar surface area (TPSA) is 39.2 Å². The van der Waals surface area contributed by atoms with Gasteiger partial charge in [-0.05, 0) is 30.1 Å². The van der Waals surface area contributed by atoms with Crippen LogP contribution in [-0.4, -0.2) is 18.8 Å². The Morgan fingerprint density at radius 3 is 2.08 bits per heavy atom. The summed E-state index contributed by atoms with van der Waals surface area (Å²) >= 11 is 0. The largest absolute Gasteiger partial charge is 0.423 e. The maximum absolute atomic E-state index is 13.1. The van der Waals surface area contributed by atoms with Crippen molar-refractivity contribution in [2.24, 2.45) is 0 Å². The van der Waals surface area contributed by atoms with Gasteiger partial charge < -0.3 is 4.74 Å². The molecule has 0 N–H and O–H groups in total. The minimum absolute atomic E-state index is 0.354. The molecule has 4 rings (SSSR count). The third-order valence-corrected chi connectivity index (χ3v) is 4.40. The van der Waals surface area contributed by atoms with Crippen LogP contribution in [0.2, 0.25) is 0 Å². The molecule has 25 heavy (non-hydrogen) atoms. The molecule has 1 heterocycles. The number of esters is 1. The number of para-hydroxylation sites is 3. The van der Waals surface area contributed by atoms with Crippen molar-refractivity contribution in [3.05, 3.63) is 77.9 Å². The molecule has 0 saturated carbocycles. The van der Waals surface area contributed by atoms with Gasteiger partial charge in [-0.15, -0.1) is 0 Å². The summed E-state index contributed by atoms with van der Waals surface area (Å²) in [5.74, 6) is 0.268. The van der Waals surface area contributed by atoms with Crippen molar-refractivity contribution >= 4 is 41.1 Å². The highest BCUT2D eigenvalue weighted by Crippen LogP contribution is 2.27. The first-order valence-electron chi connectivity index (χ1n) is 8.21. The molecule has 0 radical (unpaired) electrons. The quantitative estimate of drug-likeness (QED) is 0.246. The summed E-state index contributed by atoms with van der Waals surface area (Å²) in [4.78, 5) is 17.8. The number of fused-ring (bicyclic) bond motifs is 2. The van der Waals surface area contributed by atoms with Gasteiger partial charge in [-0.25, -0.2) is 9.78 Å². The van der Waals surface area contributed by atoms with Gasteiger partial charge in [0, 0.05) is 10.8 Å². The molecule has 0 unspecified atom stereocenters. The minimum atomic E-state index is -0.354. The van der Waals surface area contributed by atoms with Gasteiger partial charge in [-0.1, -0.05) is 54.6 Å². The van der Waals surface area contributed by atoms with E-state index in [2.05, 4.69) is 4.98 Å². The normalized spacial score (nSPS) is 10.9. The Labute approximate surface area is 146 Å². The number of pyridine rings is 1. The van der Waals surface area contributed by atoms with Gasteiger partial charge in [0.15, 0.2) is 0 Å². The van der Waals surface area contributed by atoms with E-state index in [4.69, 9.17) is 4.74 Å². The average molecular weight is 325 g/mol. The number of nitrogens with zero attached hydrogens (tertiary/aromatic N) is 1. The molecule has 4 heteroatoms. The zero-order valence-electron chi connectivity index (χ0n) is 14.1. The maximum atomic E-state index is 13.1. The van der Waals surface area contributed by atoms with Crippen LogP contribution >= 0.6 is 0 Å². The number of hydrogen-bond acceptors (Lipinski definition) is 3. The predicted molar refractivity (Wildman–Crippen MR) is 104 cm³/mol. The van der Waals surface area contributed by atoms with E-state index in [1.54, 1.807) is 0 Å². The van der Waals surface area contributed by atoms with E-state index in [0.717, 1.165) is 32.8 Å². The van der Waals surface area contributed by atoms with E-state index < -0.39 is 0 Å². The highest BCUT2D eigenvalue weighted by atomic mass is 16.5. The van der Waals surface area contributed by atoms with Crippen molar-refractivity contribution in [2.75, 3.05) is 0 Å². The molecule has 3 nitrogen and oxygen atoms in total. The van der Waals surface area contributed by atoms with E-state index >= 15 is 0 Å². The van der Waals surface area contributed by atoms with Gasteiger partial charge in [0.25, 0.3) is 0 Å². The Kier molecular flexibility index (Phi) is 3.73. The molecular formula is C21H16BNO2. The zero-order chi connectivity index (χ0) is 17.4. The molecule has 4 aromatic rings. The third kappa shape index (κ3) is 2.66. The van der Waals surface area contributed by atoms with Gasteiger partial charge >= 0.3 is 5.97 Å². The standard InChI is InChI=1S/C21H16BNO2/c1-13-7-6-10-16(22)20(13)25-21(24)19-14-8-2-4-11-17(14)23-18-12-5-3-9-15(18)19/h2-12H,22H2,1H3. The molecule has 3 aromatic carbocycles. The lowest BCUT2D eigenvalue weighted by Gasteiger charge is -2.13. The number of carbonyl (C=O) groups excluding carboxylic acids is 1. The summed E-state index contributed by atoms with van der Waals surface area (Å²) in [6.45, 7) is 1.94. The number of aromatic nitrogens is 1. The fourth-order valence-electron chi connectivity index (χ4n) is 3.16. The molecule has 0 saturated heterocycles. The summed E-state index contributed by atoms with van der Waals surface area (Å²) < 4.78 is 5.81. The number of rotatable bonds is 2. The second-order valence-corrected chi connectivity index (χ2v) is 6.13. The Hall–Kier alpha value is -3.14. The summed E-state index contributed by atoms with van der Waals surface area (Å²) in [7, 11) is 1.94. The van der Waals surface area contributed by atoms with Crippen molar-refractivity contribution < 1.29 is 9.53 Å². The second kappa shape index (κ2) is 6.06. The zero-order valence-corrected chi connectivity index (χ0v) is 14.1. The van der Waals surface area contributed by atoms with Crippen LogP contribution in [0.1, 0.15) is 15.9 Å². The highest BCUT2D eigenvalue weighted by Gasteiger charge is 2.19. The summed E-state index contributed by atoms with van der Waals surface area (Å²) in [6.07, 6.45) is 0. The van der Waals surface area contributed by atoms with Gasteiger partial charge in [0.05, 0.1) is 16.6 Å². The average Bonchev–Trinajstić information content (AvgIpc) is 2.62. The van der Waals surface area contributed by atoms with E-state index in [9.17, 15) is 4.79 Å². The summed E-state index contributed by atoms with van der Waals surface area (Å²) in [5.41, 5.74) is 4.01. The van der Waals surface area contributed by atoms with Crippen molar-refractivity contribution in [1.29, 1.82) is 0 Å². The van der Waals surface area contributed by atoms with Crippen LogP contribution in [0.3, 0.4) is 0 Å². The molecule has 0 atom stereocenters. The van der Waals surface area contributed by atoms with Crippen LogP contribution in [0.25, 0.3) is 21.8 Å². The fraction of sp³-hybridized carbons (Fsp3) is 0.0476. The summed E-state index contributed by atoms with van der Waals surface area (Å²) in [6, 6.07) is 21.2. The molecule has 0 spiro atoms. The molecule has 0 bridgehead atoms. The molecule has 0 fully saturated rings. The van der Waals surface area contributed by atoms with Gasteiger partial charge in [-0.2, -0.15) is 0 Å². The van der Waals surface area contributed by atoms with Crippen molar-refractivity contribution in [3.8, 4) is 5.75 Å². The van der Waals surface area contributed by atoms with Crippen molar-refractivity contribution in [1.82, 2.24) is 4.98 Å². The van der Waals surface area contributed by atoms with Crippen LogP contribution in [0.5, 0.6) is 5.75 Å². The van der Waals surface area contributed by atoms with Gasteiger partial charge in [0.1, 0.15) is 13.6 Å².